The molecule has 6 nitrogen and oxygen atoms in total. The Bertz CT molecular complexity index is 970. The van der Waals surface area contributed by atoms with Gasteiger partial charge in [0.1, 0.15) is 0 Å². The maximum Gasteiger partial charge on any atom is 0.254 e. The highest BCUT2D eigenvalue weighted by Crippen LogP contribution is 2.34. The smallest absolute Gasteiger partial charge is 0.254 e. The third-order valence-electron chi connectivity index (χ3n) is 5.80. The van der Waals surface area contributed by atoms with E-state index in [1.807, 2.05) is 23.1 Å². The number of rotatable bonds is 5. The molecule has 1 aliphatic carbocycles. The lowest BCUT2D eigenvalue weighted by atomic mass is 10.0. The fourth-order valence-corrected chi connectivity index (χ4v) is 4.83. The Morgan fingerprint density at radius 1 is 0.966 bits per heavy atom. The molecular formula is C22H27N3O3S. The van der Waals surface area contributed by atoms with E-state index in [0.717, 1.165) is 18.7 Å². The van der Waals surface area contributed by atoms with Crippen molar-refractivity contribution in [3.8, 4) is 0 Å². The van der Waals surface area contributed by atoms with Crippen molar-refractivity contribution in [2.24, 2.45) is 0 Å². The second-order valence-corrected chi connectivity index (χ2v) is 10.1. The highest BCUT2D eigenvalue weighted by atomic mass is 32.2. The van der Waals surface area contributed by atoms with Crippen molar-refractivity contribution in [2.45, 2.75) is 29.8 Å². The third-order valence-corrected chi connectivity index (χ3v) is 7.63. The first kappa shape index (κ1) is 20.1. The molecule has 1 aliphatic heterocycles. The van der Waals surface area contributed by atoms with Crippen LogP contribution in [0.15, 0.2) is 59.5 Å². The second-order valence-electron chi connectivity index (χ2n) is 7.96. The van der Waals surface area contributed by atoms with E-state index in [2.05, 4.69) is 17.0 Å². The van der Waals surface area contributed by atoms with Crippen molar-refractivity contribution in [3.63, 3.8) is 0 Å². The summed E-state index contributed by atoms with van der Waals surface area (Å²) in [5.41, 5.74) is 1.65. The minimum Gasteiger partial charge on any atom is -0.329 e. The van der Waals surface area contributed by atoms with Crippen LogP contribution in [0.5, 0.6) is 0 Å². The molecule has 2 aromatic carbocycles. The summed E-state index contributed by atoms with van der Waals surface area (Å²) in [6.07, 6.45) is 2.49. The summed E-state index contributed by atoms with van der Waals surface area (Å²) in [7, 11) is -0.510. The number of carbonyl (C=O) groups excluding carboxylic acids is 1. The number of hydrogen-bond acceptors (Lipinski definition) is 4. The first-order chi connectivity index (χ1) is 13.9. The lowest BCUT2D eigenvalue weighted by molar-refractivity contribution is 0.0433. The number of piperazine rings is 1. The van der Waals surface area contributed by atoms with E-state index in [4.69, 9.17) is 0 Å². The number of carbonyl (C=O) groups is 1. The van der Waals surface area contributed by atoms with Crippen molar-refractivity contribution in [1.82, 2.24) is 14.1 Å². The van der Waals surface area contributed by atoms with E-state index in [9.17, 15) is 13.2 Å². The number of nitrogens with zero attached hydrogens (tertiary/aromatic N) is 3. The predicted octanol–water partition coefficient (Wildman–Crippen LogP) is 2.60. The van der Waals surface area contributed by atoms with Crippen LogP contribution in [-0.2, 0) is 10.0 Å². The number of hydrogen-bond donors (Lipinski definition) is 0. The lowest BCUT2D eigenvalue weighted by Gasteiger charge is -2.42. The molecule has 154 valence electrons. The molecule has 0 bridgehead atoms. The molecule has 1 unspecified atom stereocenters. The Balaban J connectivity index is 1.59. The van der Waals surface area contributed by atoms with Crippen LogP contribution in [0.25, 0.3) is 0 Å². The van der Waals surface area contributed by atoms with Gasteiger partial charge in [-0.25, -0.2) is 12.7 Å². The minimum atomic E-state index is -3.51. The molecule has 0 aromatic heterocycles. The molecular weight excluding hydrogens is 386 g/mol. The van der Waals surface area contributed by atoms with Gasteiger partial charge < -0.3 is 4.90 Å². The zero-order valence-electron chi connectivity index (χ0n) is 16.9. The monoisotopic (exact) mass is 413 g/mol. The normalized spacial score (nSPS) is 20.8. The van der Waals surface area contributed by atoms with Crippen LogP contribution in [0, 0.1) is 0 Å². The molecule has 1 saturated heterocycles. The van der Waals surface area contributed by atoms with Gasteiger partial charge in [0.05, 0.1) is 10.9 Å². The van der Waals surface area contributed by atoms with E-state index in [0.29, 0.717) is 18.2 Å². The Kier molecular flexibility index (Phi) is 5.46. The molecule has 1 heterocycles. The summed E-state index contributed by atoms with van der Waals surface area (Å²) < 4.78 is 25.7. The SMILES string of the molecule is CN(C)S(=O)(=O)c1ccc(C(=O)N2CCN(C3CC3)CC2c2ccccc2)cc1. The van der Waals surface area contributed by atoms with E-state index in [-0.39, 0.29) is 16.8 Å². The summed E-state index contributed by atoms with van der Waals surface area (Å²) in [6.45, 7) is 2.40. The Morgan fingerprint density at radius 3 is 2.21 bits per heavy atom. The number of amides is 1. The number of benzene rings is 2. The fourth-order valence-electron chi connectivity index (χ4n) is 3.93. The highest BCUT2D eigenvalue weighted by molar-refractivity contribution is 7.89. The summed E-state index contributed by atoms with van der Waals surface area (Å²) >= 11 is 0. The Labute approximate surface area is 172 Å². The van der Waals surface area contributed by atoms with Gasteiger partial charge in [-0.15, -0.1) is 0 Å². The third kappa shape index (κ3) is 4.08. The van der Waals surface area contributed by atoms with Gasteiger partial charge in [-0.2, -0.15) is 0 Å². The van der Waals surface area contributed by atoms with Gasteiger partial charge in [-0.3, -0.25) is 9.69 Å². The largest absolute Gasteiger partial charge is 0.329 e. The van der Waals surface area contributed by atoms with E-state index >= 15 is 0 Å². The first-order valence-electron chi connectivity index (χ1n) is 10.0. The van der Waals surface area contributed by atoms with Gasteiger partial charge in [-0.1, -0.05) is 30.3 Å². The summed E-state index contributed by atoms with van der Waals surface area (Å²) in [5.74, 6) is -0.0527. The predicted molar refractivity (Wildman–Crippen MR) is 112 cm³/mol. The van der Waals surface area contributed by atoms with Crippen molar-refractivity contribution in [1.29, 1.82) is 0 Å². The van der Waals surface area contributed by atoms with Gasteiger partial charge in [0.2, 0.25) is 10.0 Å². The van der Waals surface area contributed by atoms with Gasteiger partial charge in [0, 0.05) is 45.3 Å². The number of sulfonamides is 1. The quantitative estimate of drug-likeness (QED) is 0.756. The first-order valence-corrected chi connectivity index (χ1v) is 11.4. The van der Waals surface area contributed by atoms with Gasteiger partial charge in [0.15, 0.2) is 0 Å². The van der Waals surface area contributed by atoms with E-state index in [1.165, 1.54) is 43.4 Å². The zero-order chi connectivity index (χ0) is 20.6. The molecule has 29 heavy (non-hydrogen) atoms. The summed E-state index contributed by atoms with van der Waals surface area (Å²) in [6, 6.07) is 17.1. The Morgan fingerprint density at radius 2 is 1.62 bits per heavy atom. The minimum absolute atomic E-state index is 0.00299. The molecule has 4 rings (SSSR count). The summed E-state index contributed by atoms with van der Waals surface area (Å²) in [4.78, 5) is 17.9. The average molecular weight is 414 g/mol. The molecule has 2 aliphatic rings. The lowest BCUT2D eigenvalue weighted by Crippen LogP contribution is -2.51. The molecule has 1 atom stereocenters. The highest BCUT2D eigenvalue weighted by Gasteiger charge is 2.38. The molecule has 1 amide bonds. The van der Waals surface area contributed by atoms with Crippen molar-refractivity contribution in [3.05, 3.63) is 65.7 Å². The van der Waals surface area contributed by atoms with E-state index in [1.54, 1.807) is 12.1 Å². The molecule has 0 radical (unpaired) electrons. The van der Waals surface area contributed by atoms with Gasteiger partial charge in [-0.05, 0) is 42.7 Å². The van der Waals surface area contributed by atoms with Crippen LogP contribution in [0.2, 0.25) is 0 Å². The average Bonchev–Trinajstić information content (AvgIpc) is 3.59. The molecule has 0 N–H and O–H groups in total. The van der Waals surface area contributed by atoms with Crippen LogP contribution < -0.4 is 0 Å². The second kappa shape index (κ2) is 7.89. The van der Waals surface area contributed by atoms with Crippen LogP contribution in [0.1, 0.15) is 34.8 Å². The van der Waals surface area contributed by atoms with Gasteiger partial charge in [0.25, 0.3) is 5.91 Å². The Hall–Kier alpha value is -2.22. The van der Waals surface area contributed by atoms with Gasteiger partial charge >= 0.3 is 0 Å². The zero-order valence-corrected chi connectivity index (χ0v) is 17.7. The summed E-state index contributed by atoms with van der Waals surface area (Å²) in [5, 5.41) is 0. The molecule has 7 heteroatoms. The standard InChI is InChI=1S/C22H27N3O3S/c1-23(2)29(27,28)20-12-8-18(9-13-20)22(26)25-15-14-24(19-10-11-19)16-21(25)17-6-4-3-5-7-17/h3-9,12-13,19,21H,10-11,14-16H2,1-2H3. The topological polar surface area (TPSA) is 60.9 Å². The van der Waals surface area contributed by atoms with E-state index < -0.39 is 10.0 Å². The molecule has 2 aromatic rings. The van der Waals surface area contributed by atoms with Crippen LogP contribution in [0.3, 0.4) is 0 Å². The van der Waals surface area contributed by atoms with Crippen molar-refractivity contribution < 1.29 is 13.2 Å². The van der Waals surface area contributed by atoms with Crippen LogP contribution in [-0.4, -0.2) is 68.2 Å². The van der Waals surface area contributed by atoms with Crippen molar-refractivity contribution in [2.75, 3.05) is 33.7 Å². The maximum absolute atomic E-state index is 13.3. The van der Waals surface area contributed by atoms with Crippen molar-refractivity contribution >= 4 is 15.9 Å². The molecule has 1 saturated carbocycles. The molecule has 0 spiro atoms. The van der Waals surface area contributed by atoms with Crippen LogP contribution >= 0.6 is 0 Å². The molecule has 2 fully saturated rings. The fraction of sp³-hybridized carbons (Fsp3) is 0.409. The van der Waals surface area contributed by atoms with Crippen LogP contribution in [0.4, 0.5) is 0 Å². The maximum atomic E-state index is 13.3.